The minimum Gasteiger partial charge on any atom is -0.381 e. The van der Waals surface area contributed by atoms with Crippen LogP contribution in [0.5, 0.6) is 0 Å². The molecular formula is C10H14N6O. The van der Waals surface area contributed by atoms with Crippen molar-refractivity contribution in [2.45, 2.75) is 19.4 Å². The van der Waals surface area contributed by atoms with Gasteiger partial charge in [0.05, 0.1) is 19.0 Å². The second kappa shape index (κ2) is 4.25. The van der Waals surface area contributed by atoms with Crippen molar-refractivity contribution >= 4 is 11.5 Å². The molecular weight excluding hydrogens is 220 g/mol. The highest BCUT2D eigenvalue weighted by molar-refractivity contribution is 5.44. The average molecular weight is 234 g/mol. The second-order valence-electron chi connectivity index (χ2n) is 4.30. The second-order valence-corrected chi connectivity index (χ2v) is 4.30. The zero-order chi connectivity index (χ0) is 11.7. The SMILES string of the molecule is CC(Nc1cncc2nnnn12)C1CCOC1. The van der Waals surface area contributed by atoms with Gasteiger partial charge in [0, 0.05) is 18.6 Å². The van der Waals surface area contributed by atoms with Crippen molar-refractivity contribution in [3.05, 3.63) is 12.4 Å². The van der Waals surface area contributed by atoms with Gasteiger partial charge in [0.1, 0.15) is 0 Å². The number of hydrogen-bond acceptors (Lipinski definition) is 6. The Bertz CT molecular complexity index is 506. The third-order valence-corrected chi connectivity index (χ3v) is 3.16. The first kappa shape index (κ1) is 10.4. The van der Waals surface area contributed by atoms with Crippen molar-refractivity contribution < 1.29 is 4.74 Å². The number of anilines is 1. The van der Waals surface area contributed by atoms with E-state index in [4.69, 9.17) is 4.74 Å². The molecule has 90 valence electrons. The summed E-state index contributed by atoms with van der Waals surface area (Å²) in [6.07, 6.45) is 4.46. The summed E-state index contributed by atoms with van der Waals surface area (Å²) in [6, 6.07) is 0.314. The van der Waals surface area contributed by atoms with Crippen molar-refractivity contribution in [3.8, 4) is 0 Å². The fourth-order valence-corrected chi connectivity index (χ4v) is 2.07. The van der Waals surface area contributed by atoms with Gasteiger partial charge in [-0.25, -0.2) is 0 Å². The van der Waals surface area contributed by atoms with Gasteiger partial charge < -0.3 is 10.1 Å². The Morgan fingerprint density at radius 3 is 3.29 bits per heavy atom. The molecule has 2 aromatic rings. The van der Waals surface area contributed by atoms with Crippen LogP contribution in [0.25, 0.3) is 5.65 Å². The number of rotatable bonds is 3. The molecule has 7 heteroatoms. The summed E-state index contributed by atoms with van der Waals surface area (Å²) in [4.78, 5) is 4.11. The molecule has 2 atom stereocenters. The number of nitrogens with one attached hydrogen (secondary N) is 1. The summed E-state index contributed by atoms with van der Waals surface area (Å²) in [7, 11) is 0. The van der Waals surface area contributed by atoms with E-state index in [0.29, 0.717) is 17.6 Å². The lowest BCUT2D eigenvalue weighted by Crippen LogP contribution is -2.27. The molecule has 0 aromatic carbocycles. The number of hydrogen-bond donors (Lipinski definition) is 1. The minimum absolute atomic E-state index is 0.314. The lowest BCUT2D eigenvalue weighted by atomic mass is 10.0. The first-order chi connectivity index (χ1) is 8.34. The predicted octanol–water partition coefficient (Wildman–Crippen LogP) is 0.356. The Kier molecular flexibility index (Phi) is 2.60. The summed E-state index contributed by atoms with van der Waals surface area (Å²) >= 11 is 0. The third-order valence-electron chi connectivity index (χ3n) is 3.16. The van der Waals surface area contributed by atoms with Crippen molar-refractivity contribution in [1.29, 1.82) is 0 Å². The predicted molar refractivity (Wildman–Crippen MR) is 60.6 cm³/mol. The van der Waals surface area contributed by atoms with Gasteiger partial charge in [-0.3, -0.25) is 4.98 Å². The van der Waals surface area contributed by atoms with Gasteiger partial charge >= 0.3 is 0 Å². The first-order valence-electron chi connectivity index (χ1n) is 5.71. The van der Waals surface area contributed by atoms with Crippen LogP contribution in [-0.2, 0) is 4.74 Å². The number of nitrogens with zero attached hydrogens (tertiary/aromatic N) is 5. The van der Waals surface area contributed by atoms with Gasteiger partial charge in [-0.15, -0.1) is 5.10 Å². The van der Waals surface area contributed by atoms with Crippen molar-refractivity contribution in [3.63, 3.8) is 0 Å². The summed E-state index contributed by atoms with van der Waals surface area (Å²) < 4.78 is 7.04. The molecule has 3 rings (SSSR count). The molecule has 0 aliphatic carbocycles. The summed E-state index contributed by atoms with van der Waals surface area (Å²) in [5.41, 5.74) is 0.643. The van der Waals surface area contributed by atoms with E-state index in [9.17, 15) is 0 Å². The van der Waals surface area contributed by atoms with Crippen LogP contribution in [0.3, 0.4) is 0 Å². The van der Waals surface area contributed by atoms with E-state index in [-0.39, 0.29) is 0 Å². The van der Waals surface area contributed by atoms with Crippen LogP contribution in [0.4, 0.5) is 5.82 Å². The van der Waals surface area contributed by atoms with Gasteiger partial charge in [0.2, 0.25) is 0 Å². The van der Waals surface area contributed by atoms with Crippen LogP contribution in [0.2, 0.25) is 0 Å². The Morgan fingerprint density at radius 1 is 1.53 bits per heavy atom. The van der Waals surface area contributed by atoms with Gasteiger partial charge in [-0.1, -0.05) is 0 Å². The Balaban J connectivity index is 1.81. The highest BCUT2D eigenvalue weighted by Gasteiger charge is 2.22. The standard InChI is InChI=1S/C10H14N6O/c1-7(8-2-3-17-6-8)12-9-4-11-5-10-13-14-15-16(9)10/h4-5,7-8,12H,2-3,6H2,1H3. The van der Waals surface area contributed by atoms with Gasteiger partial charge in [0.25, 0.3) is 0 Å². The Morgan fingerprint density at radius 2 is 2.47 bits per heavy atom. The lowest BCUT2D eigenvalue weighted by molar-refractivity contribution is 0.183. The molecule has 0 bridgehead atoms. The summed E-state index contributed by atoms with van der Waals surface area (Å²) in [5.74, 6) is 1.34. The van der Waals surface area contributed by atoms with Crippen molar-refractivity contribution in [2.24, 2.45) is 5.92 Å². The molecule has 3 heterocycles. The monoisotopic (exact) mass is 234 g/mol. The largest absolute Gasteiger partial charge is 0.381 e. The Labute approximate surface area is 98.2 Å². The number of aromatic nitrogens is 5. The minimum atomic E-state index is 0.314. The zero-order valence-corrected chi connectivity index (χ0v) is 9.58. The smallest absolute Gasteiger partial charge is 0.199 e. The lowest BCUT2D eigenvalue weighted by Gasteiger charge is -2.20. The van der Waals surface area contributed by atoms with Gasteiger partial charge in [0.15, 0.2) is 11.5 Å². The number of tetrazole rings is 1. The molecule has 1 aliphatic heterocycles. The molecule has 2 aromatic heterocycles. The zero-order valence-electron chi connectivity index (χ0n) is 9.58. The van der Waals surface area contributed by atoms with E-state index in [2.05, 4.69) is 32.7 Å². The Hall–Kier alpha value is -1.76. The maximum Gasteiger partial charge on any atom is 0.199 e. The molecule has 1 fully saturated rings. The summed E-state index contributed by atoms with van der Waals surface area (Å²) in [5, 5.41) is 14.8. The first-order valence-corrected chi connectivity index (χ1v) is 5.71. The number of ether oxygens (including phenoxy) is 1. The van der Waals surface area contributed by atoms with E-state index in [0.717, 1.165) is 25.5 Å². The normalized spacial score (nSPS) is 21.8. The van der Waals surface area contributed by atoms with Crippen molar-refractivity contribution in [1.82, 2.24) is 25.0 Å². The molecule has 1 N–H and O–H groups in total. The quantitative estimate of drug-likeness (QED) is 0.826. The van der Waals surface area contributed by atoms with E-state index in [1.54, 1.807) is 16.9 Å². The molecule has 0 radical (unpaired) electrons. The van der Waals surface area contributed by atoms with Crippen LogP contribution in [0.1, 0.15) is 13.3 Å². The highest BCUT2D eigenvalue weighted by atomic mass is 16.5. The summed E-state index contributed by atoms with van der Waals surface area (Å²) in [6.45, 7) is 3.81. The van der Waals surface area contributed by atoms with Crippen molar-refractivity contribution in [2.75, 3.05) is 18.5 Å². The molecule has 2 unspecified atom stereocenters. The van der Waals surface area contributed by atoms with E-state index in [1.165, 1.54) is 0 Å². The number of fused-ring (bicyclic) bond motifs is 1. The third kappa shape index (κ3) is 1.93. The van der Waals surface area contributed by atoms with Crippen LogP contribution >= 0.6 is 0 Å². The highest BCUT2D eigenvalue weighted by Crippen LogP contribution is 2.19. The van der Waals surface area contributed by atoms with Gasteiger partial charge in [-0.2, -0.15) is 4.52 Å². The molecule has 0 spiro atoms. The molecule has 17 heavy (non-hydrogen) atoms. The maximum atomic E-state index is 5.39. The fourth-order valence-electron chi connectivity index (χ4n) is 2.07. The molecule has 1 saturated heterocycles. The van der Waals surface area contributed by atoms with Gasteiger partial charge in [-0.05, 0) is 23.8 Å². The molecule has 0 saturated carbocycles. The molecule has 0 amide bonds. The van der Waals surface area contributed by atoms with E-state index in [1.807, 2.05) is 0 Å². The van der Waals surface area contributed by atoms with Crippen LogP contribution in [0, 0.1) is 5.92 Å². The van der Waals surface area contributed by atoms with Crippen LogP contribution in [0.15, 0.2) is 12.4 Å². The van der Waals surface area contributed by atoms with Crippen LogP contribution in [-0.4, -0.2) is 44.3 Å². The molecule has 1 aliphatic rings. The average Bonchev–Trinajstić information content (AvgIpc) is 3.00. The van der Waals surface area contributed by atoms with E-state index < -0.39 is 0 Å². The maximum absolute atomic E-state index is 5.39. The topological polar surface area (TPSA) is 77.2 Å². The fraction of sp³-hybridized carbons (Fsp3) is 0.600. The van der Waals surface area contributed by atoms with Crippen LogP contribution < -0.4 is 5.32 Å². The van der Waals surface area contributed by atoms with E-state index >= 15 is 0 Å². The molecule has 7 nitrogen and oxygen atoms in total.